The molecule has 0 saturated carbocycles. The van der Waals surface area contributed by atoms with Crippen LogP contribution in [0, 0.1) is 0 Å². The number of carbonyl (C=O) groups excluding carboxylic acids is 1. The summed E-state index contributed by atoms with van der Waals surface area (Å²) in [4.78, 5) is 27.1. The van der Waals surface area contributed by atoms with E-state index in [1.165, 1.54) is 17.8 Å². The Morgan fingerprint density at radius 1 is 1.34 bits per heavy atom. The number of hydrogen-bond donors (Lipinski definition) is 3. The van der Waals surface area contributed by atoms with E-state index in [2.05, 4.69) is 37.8 Å². The molecule has 0 radical (unpaired) electrons. The van der Waals surface area contributed by atoms with Crippen LogP contribution in [0.15, 0.2) is 35.2 Å². The van der Waals surface area contributed by atoms with Crippen molar-refractivity contribution in [2.45, 2.75) is 38.3 Å². The van der Waals surface area contributed by atoms with Crippen molar-refractivity contribution in [1.29, 1.82) is 0 Å². The fraction of sp³-hybridized carbons (Fsp3) is 0.400. The van der Waals surface area contributed by atoms with Crippen LogP contribution in [0.25, 0.3) is 21.4 Å². The number of carbonyl (C=O) groups is 1. The quantitative estimate of drug-likeness (QED) is 0.509. The van der Waals surface area contributed by atoms with Gasteiger partial charge in [-0.3, -0.25) is 4.79 Å². The first kappa shape index (κ1) is 20.1. The summed E-state index contributed by atoms with van der Waals surface area (Å²) >= 11 is 3.08. The number of thiophene rings is 1. The fourth-order valence-corrected chi connectivity index (χ4v) is 4.78. The molecule has 9 heteroatoms. The predicted octanol–water partition coefficient (Wildman–Crippen LogP) is 3.39. The molecular weight excluding hydrogens is 404 g/mol. The molecule has 7 nitrogen and oxygen atoms in total. The largest absolute Gasteiger partial charge is 0.312 e. The average Bonchev–Trinajstić information content (AvgIpc) is 3.52. The van der Waals surface area contributed by atoms with E-state index in [-0.39, 0.29) is 12.5 Å². The Morgan fingerprint density at radius 2 is 2.28 bits per heavy atom. The van der Waals surface area contributed by atoms with Crippen LogP contribution in [0.5, 0.6) is 0 Å². The third kappa shape index (κ3) is 5.05. The molecule has 0 bridgehead atoms. The van der Waals surface area contributed by atoms with Crippen LogP contribution in [-0.4, -0.2) is 46.0 Å². The Labute approximate surface area is 178 Å². The highest BCUT2D eigenvalue weighted by Crippen LogP contribution is 2.27. The zero-order valence-corrected chi connectivity index (χ0v) is 17.9. The van der Waals surface area contributed by atoms with E-state index in [0.29, 0.717) is 29.4 Å². The number of anilines is 1. The van der Waals surface area contributed by atoms with Gasteiger partial charge in [-0.25, -0.2) is 15.0 Å². The second-order valence-electron chi connectivity index (χ2n) is 6.92. The second kappa shape index (κ2) is 9.53. The lowest BCUT2D eigenvalue weighted by Gasteiger charge is -2.23. The number of hydrogen-bond acceptors (Lipinski definition) is 8. The zero-order chi connectivity index (χ0) is 20.1. The molecule has 4 rings (SSSR count). The molecule has 1 fully saturated rings. The van der Waals surface area contributed by atoms with Crippen molar-refractivity contribution < 1.29 is 4.79 Å². The van der Waals surface area contributed by atoms with Crippen LogP contribution in [0.2, 0.25) is 0 Å². The molecule has 2 atom stereocenters. The molecule has 1 aliphatic rings. The Kier molecular flexibility index (Phi) is 6.60. The minimum absolute atomic E-state index is 0.109. The van der Waals surface area contributed by atoms with Gasteiger partial charge < -0.3 is 16.0 Å². The topological polar surface area (TPSA) is 91.8 Å². The molecule has 152 valence electrons. The molecular formula is C20H24N6OS2. The first-order valence-corrected chi connectivity index (χ1v) is 11.6. The summed E-state index contributed by atoms with van der Waals surface area (Å²) < 4.78 is 0. The molecule has 0 spiro atoms. The van der Waals surface area contributed by atoms with E-state index in [4.69, 9.17) is 0 Å². The predicted molar refractivity (Wildman–Crippen MR) is 118 cm³/mol. The highest BCUT2D eigenvalue weighted by molar-refractivity contribution is 7.13. The summed E-state index contributed by atoms with van der Waals surface area (Å²) in [7, 11) is 0. The number of rotatable bonds is 8. The molecule has 0 aromatic carbocycles. The molecule has 1 aliphatic heterocycles. The van der Waals surface area contributed by atoms with Crippen molar-refractivity contribution in [3.05, 3.63) is 35.2 Å². The molecule has 3 N–H and O–H groups in total. The normalized spacial score (nSPS) is 17.3. The van der Waals surface area contributed by atoms with Crippen molar-refractivity contribution in [3.8, 4) is 21.4 Å². The molecule has 1 amide bonds. The van der Waals surface area contributed by atoms with Crippen LogP contribution in [-0.2, 0) is 4.79 Å². The van der Waals surface area contributed by atoms with Crippen molar-refractivity contribution in [2.24, 2.45) is 0 Å². The summed E-state index contributed by atoms with van der Waals surface area (Å²) in [6, 6.07) is 6.45. The SMILES string of the molecule is CCC(NCC(=O)Nc1cc(-c2nccs2)nc(-c2cccs2)n1)C1CCCN1. The molecule has 3 aromatic rings. The standard InChI is InChI=1S/C20H24N6OS2/c1-2-13(14-5-3-7-21-14)23-12-18(27)25-17-11-15(20-22-8-10-29-20)24-19(26-17)16-6-4-9-28-16/h4,6,8-11,13-14,21,23H,2-3,5,7,12H2,1H3,(H,24,25,26,27). The maximum Gasteiger partial charge on any atom is 0.239 e. The van der Waals surface area contributed by atoms with E-state index >= 15 is 0 Å². The number of nitrogens with one attached hydrogen (secondary N) is 3. The third-order valence-corrected chi connectivity index (χ3v) is 6.60. The van der Waals surface area contributed by atoms with Gasteiger partial charge in [-0.05, 0) is 37.3 Å². The lowest BCUT2D eigenvalue weighted by Crippen LogP contribution is -2.47. The van der Waals surface area contributed by atoms with Gasteiger partial charge in [0.1, 0.15) is 16.5 Å². The first-order valence-electron chi connectivity index (χ1n) is 9.82. The van der Waals surface area contributed by atoms with Gasteiger partial charge in [-0.1, -0.05) is 13.0 Å². The van der Waals surface area contributed by atoms with Gasteiger partial charge >= 0.3 is 0 Å². The van der Waals surface area contributed by atoms with Crippen LogP contribution in [0.3, 0.4) is 0 Å². The van der Waals surface area contributed by atoms with Gasteiger partial charge in [0.2, 0.25) is 5.91 Å². The lowest BCUT2D eigenvalue weighted by molar-refractivity contribution is -0.115. The van der Waals surface area contributed by atoms with E-state index in [1.807, 2.05) is 22.9 Å². The van der Waals surface area contributed by atoms with Gasteiger partial charge in [0, 0.05) is 29.7 Å². The number of amides is 1. The zero-order valence-electron chi connectivity index (χ0n) is 16.2. The van der Waals surface area contributed by atoms with Gasteiger partial charge in [-0.15, -0.1) is 22.7 Å². The van der Waals surface area contributed by atoms with E-state index in [9.17, 15) is 4.79 Å². The van der Waals surface area contributed by atoms with Gasteiger partial charge in [0.25, 0.3) is 0 Å². The van der Waals surface area contributed by atoms with Crippen LogP contribution in [0.1, 0.15) is 26.2 Å². The molecule has 1 saturated heterocycles. The van der Waals surface area contributed by atoms with Gasteiger partial charge in [0.05, 0.1) is 11.4 Å². The van der Waals surface area contributed by atoms with Crippen molar-refractivity contribution in [1.82, 2.24) is 25.6 Å². The van der Waals surface area contributed by atoms with E-state index in [1.54, 1.807) is 23.6 Å². The number of nitrogens with zero attached hydrogens (tertiary/aromatic N) is 3. The monoisotopic (exact) mass is 428 g/mol. The van der Waals surface area contributed by atoms with Crippen molar-refractivity contribution >= 4 is 34.4 Å². The summed E-state index contributed by atoms with van der Waals surface area (Å²) in [5.41, 5.74) is 0.711. The molecule has 4 heterocycles. The Bertz CT molecular complexity index is 870. The average molecular weight is 429 g/mol. The minimum atomic E-state index is -0.109. The molecule has 2 unspecified atom stereocenters. The smallest absolute Gasteiger partial charge is 0.239 e. The van der Waals surface area contributed by atoms with Crippen LogP contribution < -0.4 is 16.0 Å². The maximum absolute atomic E-state index is 12.6. The highest BCUT2D eigenvalue weighted by atomic mass is 32.1. The molecule has 0 aliphatic carbocycles. The lowest BCUT2D eigenvalue weighted by atomic mass is 10.0. The summed E-state index contributed by atoms with van der Waals surface area (Å²) in [5.74, 6) is 0.979. The number of thiazole rings is 1. The molecule has 3 aromatic heterocycles. The highest BCUT2D eigenvalue weighted by Gasteiger charge is 2.23. The van der Waals surface area contributed by atoms with E-state index in [0.717, 1.165) is 29.3 Å². The van der Waals surface area contributed by atoms with Crippen LogP contribution in [0.4, 0.5) is 5.82 Å². The second-order valence-corrected chi connectivity index (χ2v) is 8.77. The molecule has 29 heavy (non-hydrogen) atoms. The van der Waals surface area contributed by atoms with Crippen molar-refractivity contribution in [2.75, 3.05) is 18.4 Å². The minimum Gasteiger partial charge on any atom is -0.312 e. The fourth-order valence-electron chi connectivity index (χ4n) is 3.52. The van der Waals surface area contributed by atoms with Gasteiger partial charge in [-0.2, -0.15) is 0 Å². The Balaban J connectivity index is 1.47. The first-order chi connectivity index (χ1) is 14.2. The van der Waals surface area contributed by atoms with Crippen LogP contribution >= 0.6 is 22.7 Å². The number of aromatic nitrogens is 3. The Morgan fingerprint density at radius 3 is 2.97 bits per heavy atom. The van der Waals surface area contributed by atoms with Gasteiger partial charge in [0.15, 0.2) is 5.82 Å². The maximum atomic E-state index is 12.6. The summed E-state index contributed by atoms with van der Waals surface area (Å²) in [6.07, 6.45) is 5.08. The third-order valence-electron chi connectivity index (χ3n) is 4.94. The summed E-state index contributed by atoms with van der Waals surface area (Å²) in [6.45, 7) is 3.45. The summed E-state index contributed by atoms with van der Waals surface area (Å²) in [5, 5.41) is 14.5. The Hall–Kier alpha value is -2.20. The van der Waals surface area contributed by atoms with Crippen molar-refractivity contribution in [3.63, 3.8) is 0 Å². The van der Waals surface area contributed by atoms with E-state index < -0.39 is 0 Å².